The lowest BCUT2D eigenvalue weighted by molar-refractivity contribution is -0.206. The van der Waals surface area contributed by atoms with E-state index in [2.05, 4.69) is 25.3 Å². The summed E-state index contributed by atoms with van der Waals surface area (Å²) < 4.78 is 76.3. The lowest BCUT2D eigenvalue weighted by Gasteiger charge is -2.34. The fraction of sp³-hybridized carbons (Fsp3) is 0.500. The molecule has 2 fully saturated rings. The second kappa shape index (κ2) is 8.03. The highest BCUT2D eigenvalue weighted by Gasteiger charge is 2.50. The van der Waals surface area contributed by atoms with E-state index in [1.54, 1.807) is 0 Å². The molecule has 1 amide bonds. The molecule has 1 saturated carbocycles. The number of hydrogen-bond acceptors (Lipinski definition) is 6. The zero-order chi connectivity index (χ0) is 24.3. The molecule has 4 heterocycles. The Morgan fingerprint density at radius 1 is 1.18 bits per heavy atom. The molecule has 2 atom stereocenters. The number of rotatable bonds is 4. The van der Waals surface area contributed by atoms with Crippen molar-refractivity contribution in [3.05, 3.63) is 35.5 Å². The minimum atomic E-state index is -4.93. The summed E-state index contributed by atoms with van der Waals surface area (Å²) in [5.41, 5.74) is -0.901. The predicted octanol–water partition coefficient (Wildman–Crippen LogP) is 4.61. The maximum Gasteiger partial charge on any atom is 0.430 e. The average molecular weight is 483 g/mol. The van der Waals surface area contributed by atoms with Crippen molar-refractivity contribution in [1.82, 2.24) is 15.3 Å². The number of halogens is 5. The molecule has 3 aliphatic rings. The second-order valence-corrected chi connectivity index (χ2v) is 8.87. The molecule has 2 aromatic heterocycles. The third-order valence-electron chi connectivity index (χ3n) is 6.25. The summed E-state index contributed by atoms with van der Waals surface area (Å²) in [6, 6.07) is 3.81. The van der Waals surface area contributed by atoms with Crippen molar-refractivity contribution in [1.29, 1.82) is 0 Å². The number of anilines is 2. The summed E-state index contributed by atoms with van der Waals surface area (Å²) >= 11 is 0. The predicted molar refractivity (Wildman–Crippen MR) is 113 cm³/mol. The molecule has 182 valence electrons. The topological polar surface area (TPSA) is 79.4 Å². The van der Waals surface area contributed by atoms with E-state index >= 15 is 8.78 Å². The molecule has 0 aromatic carbocycles. The lowest BCUT2D eigenvalue weighted by Crippen LogP contribution is -2.49. The molecular formula is C22H22F5N5O2. The van der Waals surface area contributed by atoms with Crippen molar-refractivity contribution in [2.75, 3.05) is 29.9 Å². The molecule has 12 heteroatoms. The summed E-state index contributed by atoms with van der Waals surface area (Å²) in [5.74, 6) is -4.03. The number of piperazine rings is 1. The van der Waals surface area contributed by atoms with Gasteiger partial charge in [-0.25, -0.2) is 23.5 Å². The molecule has 0 unspecified atom stereocenters. The Kier molecular flexibility index (Phi) is 5.38. The van der Waals surface area contributed by atoms with Gasteiger partial charge in [-0.15, -0.1) is 0 Å². The Morgan fingerprint density at radius 3 is 2.62 bits per heavy atom. The number of pyridine rings is 2. The van der Waals surface area contributed by atoms with Gasteiger partial charge >= 0.3 is 12.3 Å². The van der Waals surface area contributed by atoms with E-state index in [1.807, 2.05) is 11.8 Å². The minimum absolute atomic E-state index is 0.0633. The monoisotopic (exact) mass is 483 g/mol. The first-order valence-electron chi connectivity index (χ1n) is 11.0. The maximum absolute atomic E-state index is 15.2. The highest BCUT2D eigenvalue weighted by atomic mass is 19.4. The first kappa shape index (κ1) is 22.8. The third kappa shape index (κ3) is 4.15. The van der Waals surface area contributed by atoms with Crippen LogP contribution in [0, 0.1) is 5.92 Å². The molecule has 0 spiro atoms. The fourth-order valence-electron chi connectivity index (χ4n) is 4.41. The Bertz CT molecular complexity index is 1120. The summed E-state index contributed by atoms with van der Waals surface area (Å²) in [6.45, 7) is 3.57. The highest BCUT2D eigenvalue weighted by Crippen LogP contribution is 2.51. The van der Waals surface area contributed by atoms with Gasteiger partial charge < -0.3 is 15.0 Å². The number of cyclic esters (lactones) is 1. The minimum Gasteiger partial charge on any atom is -0.431 e. The van der Waals surface area contributed by atoms with Crippen LogP contribution >= 0.6 is 0 Å². The largest absolute Gasteiger partial charge is 0.431 e. The highest BCUT2D eigenvalue weighted by molar-refractivity contribution is 5.89. The molecular weight excluding hydrogens is 461 g/mol. The van der Waals surface area contributed by atoms with Crippen LogP contribution in [0.4, 0.5) is 38.4 Å². The number of alkyl halides is 5. The van der Waals surface area contributed by atoms with Crippen molar-refractivity contribution in [2.24, 2.45) is 5.92 Å². The smallest absolute Gasteiger partial charge is 0.430 e. The Balaban J connectivity index is 1.68. The number of hydrogen-bond donors (Lipinski definition) is 2. The van der Waals surface area contributed by atoms with Crippen LogP contribution in [0.25, 0.3) is 11.3 Å². The summed E-state index contributed by atoms with van der Waals surface area (Å²) in [4.78, 5) is 21.9. The van der Waals surface area contributed by atoms with Gasteiger partial charge in [-0.2, -0.15) is 13.2 Å². The third-order valence-corrected chi connectivity index (χ3v) is 6.25. The number of aromatic nitrogens is 2. The van der Waals surface area contributed by atoms with Gasteiger partial charge in [0.2, 0.25) is 6.10 Å². The van der Waals surface area contributed by atoms with Crippen molar-refractivity contribution in [3.63, 3.8) is 0 Å². The quantitative estimate of drug-likeness (QED) is 0.619. The van der Waals surface area contributed by atoms with Gasteiger partial charge in [-0.05, 0) is 38.0 Å². The Hall–Kier alpha value is -3.02. The van der Waals surface area contributed by atoms with Gasteiger partial charge in [0.15, 0.2) is 0 Å². The number of carbonyl (C=O) groups excluding carboxylic acids is 1. The van der Waals surface area contributed by atoms with E-state index in [-0.39, 0.29) is 34.5 Å². The van der Waals surface area contributed by atoms with Crippen LogP contribution in [0.1, 0.15) is 37.0 Å². The lowest BCUT2D eigenvalue weighted by atomic mass is 9.96. The van der Waals surface area contributed by atoms with E-state index in [9.17, 15) is 18.0 Å². The molecule has 2 aliphatic heterocycles. The molecule has 0 radical (unpaired) electrons. The summed E-state index contributed by atoms with van der Waals surface area (Å²) in [6.07, 6.45) is -6.87. The molecule has 34 heavy (non-hydrogen) atoms. The van der Waals surface area contributed by atoms with Gasteiger partial charge in [-0.3, -0.25) is 5.32 Å². The first-order chi connectivity index (χ1) is 16.0. The Labute approximate surface area is 191 Å². The van der Waals surface area contributed by atoms with E-state index < -0.39 is 35.8 Å². The van der Waals surface area contributed by atoms with Gasteiger partial charge in [0.1, 0.15) is 11.6 Å². The van der Waals surface area contributed by atoms with Crippen LogP contribution in [0.5, 0.6) is 0 Å². The molecule has 0 bridgehead atoms. The van der Waals surface area contributed by atoms with Crippen molar-refractivity contribution in [3.8, 4) is 11.3 Å². The second-order valence-electron chi connectivity index (χ2n) is 8.87. The molecule has 1 aliphatic carbocycles. The standard InChI is InChI=1S/C22H22F5N5O2/c1-11-10-32(7-6-28-11)16-9-13(21(23,24)12-2-3-12)8-15(30-16)14-4-5-29-19-17(14)18(22(25,26)27)34-20(33)31-19/h4-5,8-9,11-12,18,28H,2-3,6-7,10H2,1H3,(H,29,31,33)/t11-,18+/m0/s1. The van der Waals surface area contributed by atoms with Crippen LogP contribution in [0.15, 0.2) is 24.4 Å². The summed E-state index contributed by atoms with van der Waals surface area (Å²) in [5, 5.41) is 5.42. The number of nitrogens with one attached hydrogen (secondary N) is 2. The number of amides is 1. The van der Waals surface area contributed by atoms with Crippen LogP contribution in [0.3, 0.4) is 0 Å². The number of nitrogens with zero attached hydrogens (tertiary/aromatic N) is 3. The van der Waals surface area contributed by atoms with Crippen molar-refractivity contribution >= 4 is 17.7 Å². The van der Waals surface area contributed by atoms with E-state index in [0.29, 0.717) is 32.5 Å². The number of fused-ring (bicyclic) bond motifs is 1. The van der Waals surface area contributed by atoms with Crippen molar-refractivity contribution < 1.29 is 31.5 Å². The maximum atomic E-state index is 15.2. The fourth-order valence-corrected chi connectivity index (χ4v) is 4.41. The zero-order valence-corrected chi connectivity index (χ0v) is 18.1. The van der Waals surface area contributed by atoms with Crippen LogP contribution in [0.2, 0.25) is 0 Å². The SMILES string of the molecule is C[C@H]1CN(c2cc(C(F)(F)C3CC3)cc(-c3ccnc4c3[C@H](C(F)(F)F)OC(=O)N4)n2)CCN1. The van der Waals surface area contributed by atoms with Gasteiger partial charge in [0, 0.05) is 48.9 Å². The zero-order valence-electron chi connectivity index (χ0n) is 18.1. The normalized spacial score (nSPS) is 23.2. The molecule has 2 N–H and O–H groups in total. The van der Waals surface area contributed by atoms with Crippen LogP contribution in [-0.4, -0.2) is 47.9 Å². The van der Waals surface area contributed by atoms with Crippen LogP contribution < -0.4 is 15.5 Å². The van der Waals surface area contributed by atoms with Crippen LogP contribution in [-0.2, 0) is 10.7 Å². The van der Waals surface area contributed by atoms with E-state index in [4.69, 9.17) is 0 Å². The number of ether oxygens (including phenoxy) is 1. The first-order valence-corrected chi connectivity index (χ1v) is 11.0. The van der Waals surface area contributed by atoms with Gasteiger partial charge in [-0.1, -0.05) is 0 Å². The molecule has 1 saturated heterocycles. The van der Waals surface area contributed by atoms with E-state index in [1.165, 1.54) is 18.3 Å². The van der Waals surface area contributed by atoms with E-state index in [0.717, 1.165) is 6.07 Å². The Morgan fingerprint density at radius 2 is 1.94 bits per heavy atom. The average Bonchev–Trinajstić information content (AvgIpc) is 3.63. The molecule has 5 rings (SSSR count). The molecule has 7 nitrogen and oxygen atoms in total. The van der Waals surface area contributed by atoms with Crippen molar-refractivity contribution in [2.45, 2.75) is 44.0 Å². The van der Waals surface area contributed by atoms with Gasteiger partial charge in [0.25, 0.3) is 5.92 Å². The molecule has 2 aromatic rings. The summed E-state index contributed by atoms with van der Waals surface area (Å²) in [7, 11) is 0. The van der Waals surface area contributed by atoms with Gasteiger partial charge in [0.05, 0.1) is 11.3 Å². The number of carbonyl (C=O) groups is 1.